The average Bonchev–Trinajstić information content (AvgIpc) is 2.56. The lowest BCUT2D eigenvalue weighted by atomic mass is 10.2. The van der Waals surface area contributed by atoms with Crippen LogP contribution in [0.3, 0.4) is 0 Å². The van der Waals surface area contributed by atoms with Gasteiger partial charge in [0, 0.05) is 35.9 Å². The van der Waals surface area contributed by atoms with Crippen LogP contribution in [0.1, 0.15) is 19.4 Å². The molecule has 3 amide bonds. The van der Waals surface area contributed by atoms with Crippen LogP contribution in [0.2, 0.25) is 5.02 Å². The molecular formula is C19H20ClN3O3. The molecule has 7 heteroatoms. The van der Waals surface area contributed by atoms with E-state index in [1.807, 2.05) is 0 Å². The van der Waals surface area contributed by atoms with Crippen molar-refractivity contribution in [1.82, 2.24) is 0 Å². The number of carbonyl (C=O) groups is 3. The van der Waals surface area contributed by atoms with E-state index in [2.05, 4.69) is 10.6 Å². The van der Waals surface area contributed by atoms with Crippen molar-refractivity contribution < 1.29 is 14.4 Å². The molecule has 0 aliphatic rings. The van der Waals surface area contributed by atoms with Gasteiger partial charge in [0.25, 0.3) is 0 Å². The van der Waals surface area contributed by atoms with Gasteiger partial charge in [-0.05, 0) is 42.8 Å². The van der Waals surface area contributed by atoms with Gasteiger partial charge in [-0.2, -0.15) is 0 Å². The molecule has 6 nitrogen and oxygen atoms in total. The zero-order valence-electron chi connectivity index (χ0n) is 14.8. The van der Waals surface area contributed by atoms with Crippen LogP contribution in [0.15, 0.2) is 42.5 Å². The van der Waals surface area contributed by atoms with Gasteiger partial charge in [0.05, 0.1) is 0 Å². The molecule has 2 rings (SSSR count). The Balaban J connectivity index is 2.18. The second-order valence-electron chi connectivity index (χ2n) is 5.80. The molecule has 0 aliphatic heterocycles. The Labute approximate surface area is 157 Å². The summed E-state index contributed by atoms with van der Waals surface area (Å²) in [5.41, 5.74) is 2.41. The predicted molar refractivity (Wildman–Crippen MR) is 104 cm³/mol. The molecule has 0 radical (unpaired) electrons. The number of hydrogen-bond acceptors (Lipinski definition) is 3. The number of nitrogens with one attached hydrogen (secondary N) is 2. The van der Waals surface area contributed by atoms with Gasteiger partial charge in [-0.1, -0.05) is 23.7 Å². The molecule has 2 aromatic carbocycles. The molecule has 0 saturated carbocycles. The van der Waals surface area contributed by atoms with E-state index >= 15 is 0 Å². The Kier molecular flexibility index (Phi) is 6.36. The zero-order chi connectivity index (χ0) is 19.3. The van der Waals surface area contributed by atoms with E-state index in [9.17, 15) is 14.4 Å². The van der Waals surface area contributed by atoms with Gasteiger partial charge < -0.3 is 15.5 Å². The molecule has 0 atom stereocenters. The van der Waals surface area contributed by atoms with Crippen LogP contribution in [0, 0.1) is 6.92 Å². The van der Waals surface area contributed by atoms with Crippen LogP contribution >= 0.6 is 11.6 Å². The molecule has 0 fully saturated rings. The van der Waals surface area contributed by atoms with E-state index in [0.29, 0.717) is 22.1 Å². The molecule has 0 bridgehead atoms. The Morgan fingerprint density at radius 1 is 1.04 bits per heavy atom. The van der Waals surface area contributed by atoms with Crippen LogP contribution in [-0.4, -0.2) is 24.3 Å². The minimum absolute atomic E-state index is 0.162. The second kappa shape index (κ2) is 8.49. The number of amides is 3. The van der Waals surface area contributed by atoms with Gasteiger partial charge in [0.2, 0.25) is 17.7 Å². The van der Waals surface area contributed by atoms with Crippen molar-refractivity contribution in [3.63, 3.8) is 0 Å². The quantitative estimate of drug-likeness (QED) is 0.840. The van der Waals surface area contributed by atoms with Crippen molar-refractivity contribution >= 4 is 46.4 Å². The van der Waals surface area contributed by atoms with Gasteiger partial charge in [-0.15, -0.1) is 0 Å². The summed E-state index contributed by atoms with van der Waals surface area (Å²) in [5.74, 6) is -0.857. The SMILES string of the molecule is CC(=O)Nc1cccc(N(CC(=O)Nc2cccc(Cl)c2C)C(C)=O)c1. The number of nitrogens with zero attached hydrogens (tertiary/aromatic N) is 1. The van der Waals surface area contributed by atoms with E-state index in [0.717, 1.165) is 5.56 Å². The molecule has 0 heterocycles. The summed E-state index contributed by atoms with van der Waals surface area (Å²) in [7, 11) is 0. The third-order valence-corrected chi connectivity index (χ3v) is 4.11. The van der Waals surface area contributed by atoms with E-state index in [-0.39, 0.29) is 24.3 Å². The fourth-order valence-corrected chi connectivity index (χ4v) is 2.59. The minimum Gasteiger partial charge on any atom is -0.326 e. The summed E-state index contributed by atoms with van der Waals surface area (Å²) in [4.78, 5) is 37.0. The largest absolute Gasteiger partial charge is 0.326 e. The minimum atomic E-state index is -0.351. The highest BCUT2D eigenvalue weighted by Crippen LogP contribution is 2.23. The summed E-state index contributed by atoms with van der Waals surface area (Å²) in [6.45, 7) is 4.42. The summed E-state index contributed by atoms with van der Waals surface area (Å²) in [6, 6.07) is 12.0. The van der Waals surface area contributed by atoms with Crippen LogP contribution in [0.25, 0.3) is 0 Å². The molecule has 136 valence electrons. The van der Waals surface area contributed by atoms with Crippen LogP contribution in [-0.2, 0) is 14.4 Å². The lowest BCUT2D eigenvalue weighted by Crippen LogP contribution is -2.36. The lowest BCUT2D eigenvalue weighted by Gasteiger charge is -2.21. The molecular weight excluding hydrogens is 354 g/mol. The summed E-state index contributed by atoms with van der Waals surface area (Å²) in [5, 5.41) is 5.97. The van der Waals surface area contributed by atoms with Gasteiger partial charge in [-0.25, -0.2) is 0 Å². The molecule has 0 unspecified atom stereocenters. The summed E-state index contributed by atoms with van der Waals surface area (Å²) < 4.78 is 0. The third kappa shape index (κ3) is 5.07. The standard InChI is InChI=1S/C19H20ClN3O3/c1-12-17(20)8-5-9-18(12)22-19(26)11-23(14(3)25)16-7-4-6-15(10-16)21-13(2)24/h4-10H,11H2,1-3H3,(H,21,24)(H,22,26). The Bertz CT molecular complexity index is 852. The topological polar surface area (TPSA) is 78.5 Å². The first-order valence-electron chi connectivity index (χ1n) is 7.98. The van der Waals surface area contributed by atoms with E-state index in [1.54, 1.807) is 49.4 Å². The number of anilines is 3. The number of hydrogen-bond donors (Lipinski definition) is 2. The van der Waals surface area contributed by atoms with Gasteiger partial charge in [0.1, 0.15) is 6.54 Å². The smallest absolute Gasteiger partial charge is 0.244 e. The highest BCUT2D eigenvalue weighted by molar-refractivity contribution is 6.31. The van der Waals surface area contributed by atoms with E-state index in [4.69, 9.17) is 11.6 Å². The van der Waals surface area contributed by atoms with Crippen molar-refractivity contribution in [1.29, 1.82) is 0 Å². The monoisotopic (exact) mass is 373 g/mol. The van der Waals surface area contributed by atoms with E-state index < -0.39 is 0 Å². The number of benzene rings is 2. The molecule has 0 aromatic heterocycles. The number of carbonyl (C=O) groups excluding carboxylic acids is 3. The first-order valence-corrected chi connectivity index (χ1v) is 8.36. The molecule has 2 N–H and O–H groups in total. The van der Waals surface area contributed by atoms with Crippen LogP contribution in [0.4, 0.5) is 17.1 Å². The molecule has 0 saturated heterocycles. The van der Waals surface area contributed by atoms with Gasteiger partial charge >= 0.3 is 0 Å². The van der Waals surface area contributed by atoms with Gasteiger partial charge in [0.15, 0.2) is 0 Å². The number of rotatable bonds is 5. The Hall–Kier alpha value is -2.86. The zero-order valence-corrected chi connectivity index (χ0v) is 15.6. The maximum atomic E-state index is 12.4. The highest BCUT2D eigenvalue weighted by atomic mass is 35.5. The second-order valence-corrected chi connectivity index (χ2v) is 6.20. The lowest BCUT2D eigenvalue weighted by molar-refractivity contribution is -0.120. The highest BCUT2D eigenvalue weighted by Gasteiger charge is 2.17. The summed E-state index contributed by atoms with van der Waals surface area (Å²) in [6.07, 6.45) is 0. The van der Waals surface area contributed by atoms with Crippen molar-refractivity contribution in [3.8, 4) is 0 Å². The van der Waals surface area contributed by atoms with Gasteiger partial charge in [-0.3, -0.25) is 14.4 Å². The maximum absolute atomic E-state index is 12.4. The van der Waals surface area contributed by atoms with Crippen LogP contribution < -0.4 is 15.5 Å². The fraction of sp³-hybridized carbons (Fsp3) is 0.211. The first-order chi connectivity index (χ1) is 12.3. The number of halogens is 1. The van der Waals surface area contributed by atoms with Crippen molar-refractivity contribution in [2.24, 2.45) is 0 Å². The Morgan fingerprint density at radius 3 is 2.38 bits per heavy atom. The Morgan fingerprint density at radius 2 is 1.73 bits per heavy atom. The third-order valence-electron chi connectivity index (χ3n) is 3.70. The van der Waals surface area contributed by atoms with E-state index in [1.165, 1.54) is 18.7 Å². The molecule has 0 spiro atoms. The maximum Gasteiger partial charge on any atom is 0.244 e. The van der Waals surface area contributed by atoms with Crippen molar-refractivity contribution in [2.45, 2.75) is 20.8 Å². The normalized spacial score (nSPS) is 10.2. The van der Waals surface area contributed by atoms with Crippen LogP contribution in [0.5, 0.6) is 0 Å². The fourth-order valence-electron chi connectivity index (χ4n) is 2.42. The summed E-state index contributed by atoms with van der Waals surface area (Å²) >= 11 is 6.06. The molecule has 0 aliphatic carbocycles. The molecule has 2 aromatic rings. The average molecular weight is 374 g/mol. The van der Waals surface area contributed by atoms with Crippen molar-refractivity contribution in [2.75, 3.05) is 22.1 Å². The molecule has 26 heavy (non-hydrogen) atoms. The van der Waals surface area contributed by atoms with Crippen molar-refractivity contribution in [3.05, 3.63) is 53.1 Å². The predicted octanol–water partition coefficient (Wildman–Crippen LogP) is 3.60. The first kappa shape index (κ1) is 19.5.